The van der Waals surface area contributed by atoms with Crippen molar-refractivity contribution in [3.63, 3.8) is 0 Å². The monoisotopic (exact) mass is 276 g/mol. The minimum atomic E-state index is -0.982. The molecule has 0 fully saturated rings. The summed E-state index contributed by atoms with van der Waals surface area (Å²) in [7, 11) is 0. The standard InChI is InChI=1S/C14H13ClN2O2/c1-9(10-2-5-12(15)6-3-10)17-13-7-4-11(8-16-13)14(18)19/h2-9H,1H3,(H,16,17)(H,18,19). The third kappa shape index (κ3) is 3.45. The van der Waals surface area contributed by atoms with E-state index in [0.29, 0.717) is 10.8 Å². The number of carboxylic acids is 1. The molecule has 0 spiro atoms. The number of pyridine rings is 1. The Labute approximate surface area is 116 Å². The first-order chi connectivity index (χ1) is 9.06. The molecular formula is C14H13ClN2O2. The molecule has 1 aromatic heterocycles. The van der Waals surface area contributed by atoms with Crippen LogP contribution in [-0.2, 0) is 0 Å². The van der Waals surface area contributed by atoms with Crippen molar-refractivity contribution in [1.82, 2.24) is 4.98 Å². The molecule has 1 heterocycles. The fourth-order valence-corrected chi connectivity index (χ4v) is 1.79. The van der Waals surface area contributed by atoms with E-state index in [4.69, 9.17) is 16.7 Å². The lowest BCUT2D eigenvalue weighted by Gasteiger charge is -2.15. The Balaban J connectivity index is 2.08. The summed E-state index contributed by atoms with van der Waals surface area (Å²) < 4.78 is 0. The Morgan fingerprint density at radius 1 is 1.26 bits per heavy atom. The summed E-state index contributed by atoms with van der Waals surface area (Å²) in [6, 6.07) is 10.8. The zero-order valence-electron chi connectivity index (χ0n) is 10.3. The Morgan fingerprint density at radius 2 is 1.95 bits per heavy atom. The molecule has 0 saturated heterocycles. The summed E-state index contributed by atoms with van der Waals surface area (Å²) in [5.41, 5.74) is 1.25. The molecule has 2 N–H and O–H groups in total. The first-order valence-electron chi connectivity index (χ1n) is 5.77. The van der Waals surface area contributed by atoms with Crippen LogP contribution in [0, 0.1) is 0 Å². The Kier molecular flexibility index (Phi) is 4.02. The SMILES string of the molecule is CC(Nc1ccc(C(=O)O)cn1)c1ccc(Cl)cc1. The maximum absolute atomic E-state index is 10.7. The third-order valence-corrected chi connectivity index (χ3v) is 3.00. The van der Waals surface area contributed by atoms with E-state index in [0.717, 1.165) is 5.56 Å². The second-order valence-electron chi connectivity index (χ2n) is 4.15. The number of rotatable bonds is 4. The van der Waals surface area contributed by atoms with Gasteiger partial charge >= 0.3 is 5.97 Å². The molecule has 1 aromatic carbocycles. The van der Waals surface area contributed by atoms with Gasteiger partial charge in [-0.3, -0.25) is 0 Å². The Hall–Kier alpha value is -2.07. The predicted octanol–water partition coefficient (Wildman–Crippen LogP) is 3.61. The van der Waals surface area contributed by atoms with Crippen LogP contribution < -0.4 is 5.32 Å². The molecular weight excluding hydrogens is 264 g/mol. The summed E-state index contributed by atoms with van der Waals surface area (Å²) in [5.74, 6) is -0.350. The minimum Gasteiger partial charge on any atom is -0.478 e. The molecule has 1 unspecified atom stereocenters. The largest absolute Gasteiger partial charge is 0.478 e. The van der Waals surface area contributed by atoms with Gasteiger partial charge in [0.05, 0.1) is 5.56 Å². The number of benzene rings is 1. The number of aromatic carboxylic acids is 1. The summed E-state index contributed by atoms with van der Waals surface area (Å²) in [6.07, 6.45) is 1.33. The van der Waals surface area contributed by atoms with E-state index in [-0.39, 0.29) is 11.6 Å². The number of nitrogens with one attached hydrogen (secondary N) is 1. The third-order valence-electron chi connectivity index (χ3n) is 2.74. The van der Waals surface area contributed by atoms with E-state index < -0.39 is 5.97 Å². The lowest BCUT2D eigenvalue weighted by molar-refractivity contribution is 0.0696. The fourth-order valence-electron chi connectivity index (χ4n) is 1.66. The normalized spacial score (nSPS) is 11.9. The second kappa shape index (κ2) is 5.71. The molecule has 4 nitrogen and oxygen atoms in total. The van der Waals surface area contributed by atoms with Gasteiger partial charge in [-0.05, 0) is 36.8 Å². The molecule has 0 radical (unpaired) electrons. The first kappa shape index (κ1) is 13.4. The molecule has 1 atom stereocenters. The Bertz CT molecular complexity index is 567. The van der Waals surface area contributed by atoms with Crippen molar-refractivity contribution >= 4 is 23.4 Å². The summed E-state index contributed by atoms with van der Waals surface area (Å²) >= 11 is 5.84. The summed E-state index contributed by atoms with van der Waals surface area (Å²) in [4.78, 5) is 14.8. The van der Waals surface area contributed by atoms with Crippen molar-refractivity contribution in [3.05, 3.63) is 58.7 Å². The number of hydrogen-bond donors (Lipinski definition) is 2. The van der Waals surface area contributed by atoms with E-state index >= 15 is 0 Å². The minimum absolute atomic E-state index is 0.0560. The van der Waals surface area contributed by atoms with Crippen LogP contribution in [0.4, 0.5) is 5.82 Å². The van der Waals surface area contributed by atoms with E-state index in [1.54, 1.807) is 6.07 Å². The van der Waals surface area contributed by atoms with Crippen molar-refractivity contribution in [1.29, 1.82) is 0 Å². The predicted molar refractivity (Wildman–Crippen MR) is 74.7 cm³/mol. The van der Waals surface area contributed by atoms with Gasteiger partial charge in [-0.1, -0.05) is 23.7 Å². The van der Waals surface area contributed by atoms with Gasteiger partial charge < -0.3 is 10.4 Å². The van der Waals surface area contributed by atoms with Crippen LogP contribution in [0.1, 0.15) is 28.9 Å². The molecule has 2 aromatic rings. The number of carboxylic acid groups (broad SMARTS) is 1. The van der Waals surface area contributed by atoms with Gasteiger partial charge in [-0.15, -0.1) is 0 Å². The molecule has 5 heteroatoms. The van der Waals surface area contributed by atoms with Crippen molar-refractivity contribution in [2.24, 2.45) is 0 Å². The quantitative estimate of drug-likeness (QED) is 0.895. The van der Waals surface area contributed by atoms with Crippen molar-refractivity contribution in [2.45, 2.75) is 13.0 Å². The van der Waals surface area contributed by atoms with Crippen LogP contribution in [0.5, 0.6) is 0 Å². The maximum Gasteiger partial charge on any atom is 0.337 e. The van der Waals surface area contributed by atoms with Gasteiger partial charge in [0.1, 0.15) is 5.82 Å². The average molecular weight is 277 g/mol. The van der Waals surface area contributed by atoms with E-state index in [2.05, 4.69) is 10.3 Å². The lowest BCUT2D eigenvalue weighted by atomic mass is 10.1. The van der Waals surface area contributed by atoms with Crippen LogP contribution in [0.2, 0.25) is 5.02 Å². The van der Waals surface area contributed by atoms with Crippen molar-refractivity contribution in [3.8, 4) is 0 Å². The van der Waals surface area contributed by atoms with Gasteiger partial charge in [0.15, 0.2) is 0 Å². The number of hydrogen-bond acceptors (Lipinski definition) is 3. The highest BCUT2D eigenvalue weighted by Gasteiger charge is 2.07. The summed E-state index contributed by atoms with van der Waals surface area (Å²) in [6.45, 7) is 2.00. The van der Waals surface area contributed by atoms with Crippen molar-refractivity contribution in [2.75, 3.05) is 5.32 Å². The number of carbonyl (C=O) groups is 1. The molecule has 19 heavy (non-hydrogen) atoms. The van der Waals surface area contributed by atoms with Crippen molar-refractivity contribution < 1.29 is 9.90 Å². The molecule has 0 bridgehead atoms. The maximum atomic E-state index is 10.7. The lowest BCUT2D eigenvalue weighted by Crippen LogP contribution is -2.08. The molecule has 0 saturated carbocycles. The van der Waals surface area contributed by atoms with Crippen LogP contribution in [0.3, 0.4) is 0 Å². The second-order valence-corrected chi connectivity index (χ2v) is 4.59. The fraction of sp³-hybridized carbons (Fsp3) is 0.143. The highest BCUT2D eigenvalue weighted by Crippen LogP contribution is 2.19. The van der Waals surface area contributed by atoms with Crippen LogP contribution in [0.15, 0.2) is 42.6 Å². The highest BCUT2D eigenvalue weighted by molar-refractivity contribution is 6.30. The van der Waals surface area contributed by atoms with Gasteiger partial charge in [0.2, 0.25) is 0 Å². The zero-order valence-corrected chi connectivity index (χ0v) is 11.1. The zero-order chi connectivity index (χ0) is 13.8. The highest BCUT2D eigenvalue weighted by atomic mass is 35.5. The number of nitrogens with zero attached hydrogens (tertiary/aromatic N) is 1. The van der Waals surface area contributed by atoms with Crippen LogP contribution >= 0.6 is 11.6 Å². The molecule has 0 aliphatic rings. The first-order valence-corrected chi connectivity index (χ1v) is 6.15. The summed E-state index contributed by atoms with van der Waals surface area (Å²) in [5, 5.41) is 12.7. The smallest absolute Gasteiger partial charge is 0.337 e. The topological polar surface area (TPSA) is 62.2 Å². The Morgan fingerprint density at radius 3 is 2.47 bits per heavy atom. The molecule has 0 aliphatic carbocycles. The van der Waals surface area contributed by atoms with E-state index in [9.17, 15) is 4.79 Å². The number of anilines is 1. The van der Waals surface area contributed by atoms with Gasteiger partial charge in [0, 0.05) is 17.3 Å². The van der Waals surface area contributed by atoms with Crippen LogP contribution in [0.25, 0.3) is 0 Å². The molecule has 98 valence electrons. The van der Waals surface area contributed by atoms with E-state index in [1.807, 2.05) is 31.2 Å². The van der Waals surface area contributed by atoms with E-state index in [1.165, 1.54) is 12.3 Å². The van der Waals surface area contributed by atoms with Crippen LogP contribution in [-0.4, -0.2) is 16.1 Å². The number of aromatic nitrogens is 1. The average Bonchev–Trinajstić information content (AvgIpc) is 2.40. The van der Waals surface area contributed by atoms with Gasteiger partial charge in [-0.2, -0.15) is 0 Å². The van der Waals surface area contributed by atoms with Gasteiger partial charge in [0.25, 0.3) is 0 Å². The van der Waals surface area contributed by atoms with Gasteiger partial charge in [-0.25, -0.2) is 9.78 Å². The number of halogens is 1. The molecule has 0 amide bonds. The molecule has 2 rings (SSSR count). The molecule has 0 aliphatic heterocycles.